The van der Waals surface area contributed by atoms with Crippen molar-refractivity contribution in [2.24, 2.45) is 0 Å². The van der Waals surface area contributed by atoms with Crippen LogP contribution in [-0.2, 0) is 19.1 Å². The van der Waals surface area contributed by atoms with Crippen molar-refractivity contribution in [3.8, 4) is 0 Å². The lowest BCUT2D eigenvalue weighted by Crippen LogP contribution is -2.14. The number of hydrogen-bond acceptors (Lipinski definition) is 1. The Labute approximate surface area is 115 Å². The van der Waals surface area contributed by atoms with E-state index in [0.717, 1.165) is 24.2 Å². The predicted molar refractivity (Wildman–Crippen MR) is 71.2 cm³/mol. The summed E-state index contributed by atoms with van der Waals surface area (Å²) < 4.78 is 37.5. The molecule has 1 heterocycles. The highest BCUT2D eigenvalue weighted by Crippen LogP contribution is 2.31. The number of fused-ring (bicyclic) bond motifs is 1. The van der Waals surface area contributed by atoms with Crippen LogP contribution in [0.4, 0.5) is 13.2 Å². The summed E-state index contributed by atoms with van der Waals surface area (Å²) in [6.45, 7) is 0.821. The fourth-order valence-electron chi connectivity index (χ4n) is 2.63. The van der Waals surface area contributed by atoms with Crippen LogP contribution in [0.2, 0.25) is 0 Å². The summed E-state index contributed by atoms with van der Waals surface area (Å²) in [4.78, 5) is 0. The molecule has 4 heteroatoms. The van der Waals surface area contributed by atoms with Gasteiger partial charge in [0.25, 0.3) is 0 Å². The number of halogens is 3. The summed E-state index contributed by atoms with van der Waals surface area (Å²) in [5.74, 6) is 0. The fourth-order valence-corrected chi connectivity index (χ4v) is 2.63. The second-order valence-corrected chi connectivity index (χ2v) is 5.03. The molecule has 0 amide bonds. The zero-order valence-electron chi connectivity index (χ0n) is 10.7. The van der Waals surface area contributed by atoms with Gasteiger partial charge in [0, 0.05) is 12.6 Å². The van der Waals surface area contributed by atoms with Crippen molar-refractivity contribution in [1.82, 2.24) is 5.32 Å². The predicted octanol–water partition coefficient (Wildman–Crippen LogP) is 4.09. The highest BCUT2D eigenvalue weighted by Gasteiger charge is 2.30. The van der Waals surface area contributed by atoms with Gasteiger partial charge in [0.15, 0.2) is 0 Å². The summed E-state index contributed by atoms with van der Waals surface area (Å²) >= 11 is 0. The molecule has 1 nitrogen and oxygen atoms in total. The Morgan fingerprint density at radius 1 is 1.00 bits per heavy atom. The summed E-state index contributed by atoms with van der Waals surface area (Å²) in [7, 11) is 0. The Balaban J connectivity index is 1.76. The molecular weight excluding hydrogens is 263 g/mol. The first-order chi connectivity index (χ1) is 9.54. The first-order valence-electron chi connectivity index (χ1n) is 6.51. The van der Waals surface area contributed by atoms with Crippen LogP contribution in [-0.4, -0.2) is 0 Å². The summed E-state index contributed by atoms with van der Waals surface area (Å²) in [5.41, 5.74) is 2.82. The van der Waals surface area contributed by atoms with E-state index in [1.807, 2.05) is 12.1 Å². The molecule has 0 radical (unpaired) electrons. The highest BCUT2D eigenvalue weighted by molar-refractivity contribution is 5.35. The van der Waals surface area contributed by atoms with Crippen molar-refractivity contribution >= 4 is 0 Å². The van der Waals surface area contributed by atoms with Gasteiger partial charge in [0.05, 0.1) is 5.56 Å². The first-order valence-corrected chi connectivity index (χ1v) is 6.51. The van der Waals surface area contributed by atoms with E-state index in [2.05, 4.69) is 17.4 Å². The molecule has 0 aromatic heterocycles. The normalized spacial score (nSPS) is 18.1. The minimum atomic E-state index is -4.27. The third kappa shape index (κ3) is 2.56. The van der Waals surface area contributed by atoms with Crippen LogP contribution in [0.5, 0.6) is 0 Å². The molecule has 0 fully saturated rings. The fraction of sp³-hybridized carbons (Fsp3) is 0.250. The molecule has 104 valence electrons. The largest absolute Gasteiger partial charge is 0.416 e. The minimum absolute atomic E-state index is 0.183. The molecule has 1 atom stereocenters. The van der Waals surface area contributed by atoms with Crippen LogP contribution < -0.4 is 5.32 Å². The first kappa shape index (κ1) is 13.2. The Hall–Kier alpha value is -1.81. The molecule has 1 unspecified atom stereocenters. The third-order valence-electron chi connectivity index (χ3n) is 3.69. The lowest BCUT2D eigenvalue weighted by molar-refractivity contribution is -0.137. The highest BCUT2D eigenvalue weighted by atomic mass is 19.4. The van der Waals surface area contributed by atoms with Crippen molar-refractivity contribution in [1.29, 1.82) is 0 Å². The SMILES string of the molecule is FC(F)(F)c1ccc(CC2NCc3ccccc32)cc1. The second kappa shape index (κ2) is 4.94. The van der Waals surface area contributed by atoms with Crippen molar-refractivity contribution in [2.75, 3.05) is 0 Å². The van der Waals surface area contributed by atoms with E-state index >= 15 is 0 Å². The summed E-state index contributed by atoms with van der Waals surface area (Å²) in [6.07, 6.45) is -3.56. The number of rotatable bonds is 2. The molecule has 0 bridgehead atoms. The van der Waals surface area contributed by atoms with Crippen LogP contribution in [0.3, 0.4) is 0 Å². The van der Waals surface area contributed by atoms with Crippen LogP contribution in [0.1, 0.15) is 28.3 Å². The summed E-state index contributed by atoms with van der Waals surface area (Å²) in [5, 5.41) is 3.39. The molecule has 0 aliphatic carbocycles. The van der Waals surface area contributed by atoms with E-state index in [1.54, 1.807) is 12.1 Å². The van der Waals surface area contributed by atoms with Gasteiger partial charge in [-0.1, -0.05) is 36.4 Å². The second-order valence-electron chi connectivity index (χ2n) is 5.03. The average molecular weight is 277 g/mol. The topological polar surface area (TPSA) is 12.0 Å². The molecule has 0 saturated carbocycles. The van der Waals surface area contributed by atoms with Gasteiger partial charge >= 0.3 is 6.18 Å². The minimum Gasteiger partial charge on any atom is -0.306 e. The monoisotopic (exact) mass is 277 g/mol. The maximum Gasteiger partial charge on any atom is 0.416 e. The van der Waals surface area contributed by atoms with Gasteiger partial charge in [-0.05, 0) is 35.2 Å². The van der Waals surface area contributed by atoms with Crippen LogP contribution in [0.25, 0.3) is 0 Å². The standard InChI is InChI=1S/C16H14F3N/c17-16(18,19)13-7-5-11(6-8-13)9-15-14-4-2-1-3-12(14)10-20-15/h1-8,15,20H,9-10H2. The van der Waals surface area contributed by atoms with Crippen molar-refractivity contribution < 1.29 is 13.2 Å². The molecule has 2 aromatic rings. The molecule has 0 spiro atoms. The number of nitrogens with one attached hydrogen (secondary N) is 1. The van der Waals surface area contributed by atoms with Gasteiger partial charge in [0.1, 0.15) is 0 Å². The van der Waals surface area contributed by atoms with Crippen molar-refractivity contribution in [2.45, 2.75) is 25.2 Å². The zero-order chi connectivity index (χ0) is 14.2. The number of benzene rings is 2. The van der Waals surface area contributed by atoms with E-state index in [1.165, 1.54) is 11.1 Å². The summed E-state index contributed by atoms with van der Waals surface area (Å²) in [6, 6.07) is 13.7. The van der Waals surface area contributed by atoms with Crippen molar-refractivity contribution in [3.63, 3.8) is 0 Å². The Bertz CT molecular complexity index is 602. The van der Waals surface area contributed by atoms with Gasteiger partial charge in [-0.15, -0.1) is 0 Å². The molecule has 1 aliphatic heterocycles. The van der Waals surface area contributed by atoms with Gasteiger partial charge in [0.2, 0.25) is 0 Å². The van der Waals surface area contributed by atoms with Gasteiger partial charge in [-0.2, -0.15) is 13.2 Å². The lowest BCUT2D eigenvalue weighted by atomic mass is 9.98. The van der Waals surface area contributed by atoms with Crippen LogP contribution in [0, 0.1) is 0 Å². The van der Waals surface area contributed by atoms with E-state index in [0.29, 0.717) is 6.42 Å². The average Bonchev–Trinajstić information content (AvgIpc) is 2.82. The molecule has 0 saturated heterocycles. The maximum absolute atomic E-state index is 12.5. The molecule has 1 N–H and O–H groups in total. The lowest BCUT2D eigenvalue weighted by Gasteiger charge is -2.13. The molecule has 2 aromatic carbocycles. The maximum atomic E-state index is 12.5. The van der Waals surface area contributed by atoms with Gasteiger partial charge in [-0.25, -0.2) is 0 Å². The van der Waals surface area contributed by atoms with E-state index < -0.39 is 11.7 Å². The number of hydrogen-bond donors (Lipinski definition) is 1. The zero-order valence-corrected chi connectivity index (χ0v) is 10.7. The quantitative estimate of drug-likeness (QED) is 0.871. The van der Waals surface area contributed by atoms with E-state index in [-0.39, 0.29) is 6.04 Å². The molecule has 20 heavy (non-hydrogen) atoms. The van der Waals surface area contributed by atoms with Gasteiger partial charge in [-0.3, -0.25) is 0 Å². The molecule has 1 aliphatic rings. The molecule has 3 rings (SSSR count). The van der Waals surface area contributed by atoms with E-state index in [9.17, 15) is 13.2 Å². The third-order valence-corrected chi connectivity index (χ3v) is 3.69. The van der Waals surface area contributed by atoms with Crippen molar-refractivity contribution in [3.05, 3.63) is 70.8 Å². The van der Waals surface area contributed by atoms with Crippen LogP contribution >= 0.6 is 0 Å². The Kier molecular flexibility index (Phi) is 3.26. The van der Waals surface area contributed by atoms with E-state index in [4.69, 9.17) is 0 Å². The smallest absolute Gasteiger partial charge is 0.306 e. The van der Waals surface area contributed by atoms with Gasteiger partial charge < -0.3 is 5.32 Å². The molecular formula is C16H14F3N. The number of alkyl halides is 3. The Morgan fingerprint density at radius 3 is 2.40 bits per heavy atom. The van der Waals surface area contributed by atoms with Crippen LogP contribution in [0.15, 0.2) is 48.5 Å². The Morgan fingerprint density at radius 2 is 1.70 bits per heavy atom.